The molecule has 0 unspecified atom stereocenters. The molecule has 0 amide bonds. The molecule has 0 saturated carbocycles. The standard InChI is InChI=1S/C20H18F2N6/c1-10(2)28-11(3)25-18-13(21)8-12(9-15(18)28)17-16(22)19(27-20(23)26-17)14-6-4-5-7-24-14/h4-10H,1-3H3,(H2,23,26,27). The van der Waals surface area contributed by atoms with Crippen LogP contribution in [0, 0.1) is 18.6 Å². The molecule has 28 heavy (non-hydrogen) atoms. The fraction of sp³-hybridized carbons (Fsp3) is 0.200. The highest BCUT2D eigenvalue weighted by Crippen LogP contribution is 2.32. The Morgan fingerprint density at radius 2 is 1.79 bits per heavy atom. The number of nitrogen functional groups attached to an aromatic ring is 1. The molecule has 0 atom stereocenters. The van der Waals surface area contributed by atoms with Gasteiger partial charge < -0.3 is 10.3 Å². The van der Waals surface area contributed by atoms with Gasteiger partial charge in [-0.25, -0.2) is 23.7 Å². The van der Waals surface area contributed by atoms with Crippen molar-refractivity contribution in [2.45, 2.75) is 26.8 Å². The van der Waals surface area contributed by atoms with E-state index in [2.05, 4.69) is 19.9 Å². The maximum Gasteiger partial charge on any atom is 0.221 e. The summed E-state index contributed by atoms with van der Waals surface area (Å²) in [4.78, 5) is 16.4. The summed E-state index contributed by atoms with van der Waals surface area (Å²) in [5.41, 5.74) is 7.08. The number of hydrogen-bond acceptors (Lipinski definition) is 5. The predicted molar refractivity (Wildman–Crippen MR) is 103 cm³/mol. The van der Waals surface area contributed by atoms with Crippen molar-refractivity contribution < 1.29 is 8.78 Å². The molecular weight excluding hydrogens is 362 g/mol. The number of nitrogens with two attached hydrogens (primary N) is 1. The van der Waals surface area contributed by atoms with E-state index in [0.717, 1.165) is 0 Å². The number of anilines is 1. The largest absolute Gasteiger partial charge is 0.368 e. The molecule has 0 fully saturated rings. The molecule has 3 heterocycles. The van der Waals surface area contributed by atoms with Crippen molar-refractivity contribution in [3.8, 4) is 22.6 Å². The number of fused-ring (bicyclic) bond motifs is 1. The number of benzene rings is 1. The van der Waals surface area contributed by atoms with Gasteiger partial charge in [0, 0.05) is 17.8 Å². The number of imidazole rings is 1. The van der Waals surface area contributed by atoms with Crippen molar-refractivity contribution in [3.05, 3.63) is 54.0 Å². The van der Waals surface area contributed by atoms with E-state index in [9.17, 15) is 4.39 Å². The number of rotatable bonds is 3. The monoisotopic (exact) mass is 380 g/mol. The maximum absolute atomic E-state index is 15.3. The zero-order valence-electron chi connectivity index (χ0n) is 15.6. The van der Waals surface area contributed by atoms with Gasteiger partial charge in [-0.05, 0) is 45.0 Å². The van der Waals surface area contributed by atoms with Crippen LogP contribution in [0.5, 0.6) is 0 Å². The lowest BCUT2D eigenvalue weighted by molar-refractivity contribution is 0.600. The van der Waals surface area contributed by atoms with Gasteiger partial charge in [0.05, 0.1) is 11.2 Å². The highest BCUT2D eigenvalue weighted by atomic mass is 19.1. The van der Waals surface area contributed by atoms with Gasteiger partial charge in [-0.2, -0.15) is 0 Å². The van der Waals surface area contributed by atoms with Crippen LogP contribution < -0.4 is 5.73 Å². The zero-order valence-corrected chi connectivity index (χ0v) is 15.6. The van der Waals surface area contributed by atoms with Gasteiger partial charge in [-0.15, -0.1) is 0 Å². The van der Waals surface area contributed by atoms with Gasteiger partial charge in [-0.1, -0.05) is 6.07 Å². The second-order valence-electron chi connectivity index (χ2n) is 6.76. The molecule has 142 valence electrons. The average Bonchev–Trinajstić information content (AvgIpc) is 3.00. The summed E-state index contributed by atoms with van der Waals surface area (Å²) in [5.74, 6) is -0.700. The lowest BCUT2D eigenvalue weighted by Crippen LogP contribution is -2.05. The molecule has 6 nitrogen and oxygen atoms in total. The summed E-state index contributed by atoms with van der Waals surface area (Å²) < 4.78 is 31.9. The van der Waals surface area contributed by atoms with Crippen LogP contribution in [0.15, 0.2) is 36.5 Å². The Bertz CT molecular complexity index is 1180. The van der Waals surface area contributed by atoms with Crippen molar-refractivity contribution in [2.75, 3.05) is 5.73 Å². The van der Waals surface area contributed by atoms with Crippen molar-refractivity contribution in [1.82, 2.24) is 24.5 Å². The van der Waals surface area contributed by atoms with E-state index in [4.69, 9.17) is 5.73 Å². The van der Waals surface area contributed by atoms with E-state index in [-0.39, 0.29) is 34.5 Å². The lowest BCUT2D eigenvalue weighted by Gasteiger charge is -2.12. The molecule has 0 aliphatic heterocycles. The normalized spacial score (nSPS) is 11.5. The fourth-order valence-corrected chi connectivity index (χ4v) is 3.39. The number of aromatic nitrogens is 5. The van der Waals surface area contributed by atoms with Crippen molar-refractivity contribution in [3.63, 3.8) is 0 Å². The second kappa shape index (κ2) is 6.63. The Kier molecular flexibility index (Phi) is 4.26. The predicted octanol–water partition coefficient (Wildman–Crippen LogP) is 4.31. The Hall–Kier alpha value is -3.42. The van der Waals surface area contributed by atoms with Crippen LogP contribution in [-0.4, -0.2) is 24.5 Å². The van der Waals surface area contributed by atoms with Crippen LogP contribution in [0.2, 0.25) is 0 Å². The van der Waals surface area contributed by atoms with Crippen molar-refractivity contribution in [1.29, 1.82) is 0 Å². The van der Waals surface area contributed by atoms with Crippen LogP contribution in [0.3, 0.4) is 0 Å². The third-order valence-corrected chi connectivity index (χ3v) is 4.49. The van der Waals surface area contributed by atoms with Gasteiger partial charge >= 0.3 is 0 Å². The first kappa shape index (κ1) is 18.0. The van der Waals surface area contributed by atoms with Crippen LogP contribution in [0.1, 0.15) is 25.7 Å². The topological polar surface area (TPSA) is 82.5 Å². The van der Waals surface area contributed by atoms with E-state index in [1.807, 2.05) is 25.3 Å². The van der Waals surface area contributed by atoms with Gasteiger partial charge in [0.2, 0.25) is 5.95 Å². The Morgan fingerprint density at radius 1 is 1.04 bits per heavy atom. The first-order valence-electron chi connectivity index (χ1n) is 8.79. The number of hydrogen-bond donors (Lipinski definition) is 1. The molecule has 0 radical (unpaired) electrons. The van der Waals surface area contributed by atoms with Crippen LogP contribution >= 0.6 is 0 Å². The zero-order chi connectivity index (χ0) is 20.0. The van der Waals surface area contributed by atoms with E-state index >= 15 is 4.39 Å². The summed E-state index contributed by atoms with van der Waals surface area (Å²) in [5, 5.41) is 0. The number of halogens is 2. The molecule has 0 aliphatic carbocycles. The van der Waals surface area contributed by atoms with Gasteiger partial charge in [0.15, 0.2) is 11.6 Å². The van der Waals surface area contributed by atoms with Crippen molar-refractivity contribution >= 4 is 17.0 Å². The summed E-state index contributed by atoms with van der Waals surface area (Å²) in [7, 11) is 0. The van der Waals surface area contributed by atoms with Gasteiger partial charge in [0.25, 0.3) is 0 Å². The molecule has 4 rings (SSSR count). The van der Waals surface area contributed by atoms with Gasteiger partial charge in [-0.3, -0.25) is 4.98 Å². The third-order valence-electron chi connectivity index (χ3n) is 4.49. The van der Waals surface area contributed by atoms with E-state index in [1.165, 1.54) is 12.3 Å². The number of aryl methyl sites for hydroxylation is 1. The van der Waals surface area contributed by atoms with E-state index in [0.29, 0.717) is 17.0 Å². The van der Waals surface area contributed by atoms with Crippen LogP contribution in [0.4, 0.5) is 14.7 Å². The average molecular weight is 380 g/mol. The summed E-state index contributed by atoms with van der Waals surface area (Å²) in [6.07, 6.45) is 1.53. The minimum atomic E-state index is -0.709. The van der Waals surface area contributed by atoms with E-state index in [1.54, 1.807) is 24.3 Å². The molecule has 8 heteroatoms. The summed E-state index contributed by atoms with van der Waals surface area (Å²) in [6.45, 7) is 5.75. The first-order valence-corrected chi connectivity index (χ1v) is 8.79. The Labute approximate surface area is 160 Å². The summed E-state index contributed by atoms with van der Waals surface area (Å²) >= 11 is 0. The minimum Gasteiger partial charge on any atom is -0.368 e. The Balaban J connectivity index is 1.98. The van der Waals surface area contributed by atoms with Crippen LogP contribution in [-0.2, 0) is 0 Å². The quantitative estimate of drug-likeness (QED) is 0.573. The molecule has 0 aliphatic rings. The SMILES string of the molecule is Cc1nc2c(F)cc(-c3nc(N)nc(-c4ccccn4)c3F)cc2n1C(C)C. The molecule has 0 saturated heterocycles. The number of pyridine rings is 1. The molecule has 3 aromatic heterocycles. The second-order valence-corrected chi connectivity index (χ2v) is 6.76. The molecule has 4 aromatic rings. The Morgan fingerprint density at radius 3 is 2.46 bits per heavy atom. The fourth-order valence-electron chi connectivity index (χ4n) is 3.39. The lowest BCUT2D eigenvalue weighted by atomic mass is 10.1. The third kappa shape index (κ3) is 2.87. The molecular formula is C20H18F2N6. The molecule has 0 bridgehead atoms. The highest BCUT2D eigenvalue weighted by molar-refractivity contribution is 5.83. The minimum absolute atomic E-state index is 0.0304. The smallest absolute Gasteiger partial charge is 0.221 e. The number of nitrogens with zero attached hydrogens (tertiary/aromatic N) is 5. The van der Waals surface area contributed by atoms with Crippen molar-refractivity contribution in [2.24, 2.45) is 0 Å². The van der Waals surface area contributed by atoms with Crippen LogP contribution in [0.25, 0.3) is 33.7 Å². The molecule has 1 aromatic carbocycles. The summed E-state index contributed by atoms with van der Waals surface area (Å²) in [6, 6.07) is 8.00. The highest BCUT2D eigenvalue weighted by Gasteiger charge is 2.21. The van der Waals surface area contributed by atoms with Gasteiger partial charge in [0.1, 0.15) is 22.7 Å². The van der Waals surface area contributed by atoms with E-state index < -0.39 is 11.6 Å². The molecule has 2 N–H and O–H groups in total. The maximum atomic E-state index is 15.3. The first-order chi connectivity index (χ1) is 13.4. The molecule has 0 spiro atoms.